The van der Waals surface area contributed by atoms with Gasteiger partial charge in [0.05, 0.1) is 18.9 Å². The van der Waals surface area contributed by atoms with E-state index in [4.69, 9.17) is 9.72 Å². The fourth-order valence-corrected chi connectivity index (χ4v) is 5.09. The van der Waals surface area contributed by atoms with Crippen LogP contribution in [0, 0.1) is 5.92 Å². The Labute approximate surface area is 207 Å². The number of hydrogen-bond donors (Lipinski definition) is 1. The number of likely N-dealkylation sites (tertiary alicyclic amines) is 1. The molecule has 1 aromatic carbocycles. The van der Waals surface area contributed by atoms with Crippen LogP contribution in [0.1, 0.15) is 30.5 Å². The summed E-state index contributed by atoms with van der Waals surface area (Å²) >= 11 is 1.78. The fraction of sp³-hybridized carbons (Fsp3) is 0.565. The molecule has 31 heavy (non-hydrogen) atoms. The molecule has 2 fully saturated rings. The maximum atomic E-state index is 5.95. The van der Waals surface area contributed by atoms with Crippen molar-refractivity contribution in [3.8, 4) is 0 Å². The molecule has 0 radical (unpaired) electrons. The highest BCUT2D eigenvalue weighted by Crippen LogP contribution is 2.24. The molecule has 2 aromatic rings. The molecule has 0 saturated carbocycles. The molecule has 0 spiro atoms. The molecule has 0 bridgehead atoms. The minimum absolute atomic E-state index is 0. The number of nitrogens with zero attached hydrogens (tertiary/aromatic N) is 4. The molecule has 0 aliphatic carbocycles. The zero-order valence-corrected chi connectivity index (χ0v) is 21.5. The van der Waals surface area contributed by atoms with Crippen LogP contribution in [0.5, 0.6) is 0 Å². The molecule has 3 heterocycles. The van der Waals surface area contributed by atoms with E-state index < -0.39 is 0 Å². The van der Waals surface area contributed by atoms with Gasteiger partial charge >= 0.3 is 0 Å². The summed E-state index contributed by atoms with van der Waals surface area (Å²) in [5.41, 5.74) is 2.42. The molecular weight excluding hydrogens is 521 g/mol. The molecule has 170 valence electrons. The predicted octanol–water partition coefficient (Wildman–Crippen LogP) is 4.02. The van der Waals surface area contributed by atoms with Gasteiger partial charge in [0.1, 0.15) is 0 Å². The first-order chi connectivity index (χ1) is 14.8. The Morgan fingerprint density at radius 2 is 2.03 bits per heavy atom. The number of nitrogens with one attached hydrogen (secondary N) is 1. The second-order valence-electron chi connectivity index (χ2n) is 8.14. The number of hydrogen-bond acceptors (Lipinski definition) is 5. The number of anilines is 1. The Kier molecular flexibility index (Phi) is 9.86. The fourth-order valence-electron chi connectivity index (χ4n) is 4.18. The van der Waals surface area contributed by atoms with Gasteiger partial charge in [0, 0.05) is 57.5 Å². The van der Waals surface area contributed by atoms with Crippen LogP contribution >= 0.6 is 35.3 Å². The molecule has 1 N–H and O–H groups in total. The lowest BCUT2D eigenvalue weighted by Gasteiger charge is -2.21. The highest BCUT2D eigenvalue weighted by molar-refractivity contribution is 14.0. The van der Waals surface area contributed by atoms with Crippen molar-refractivity contribution >= 4 is 46.4 Å². The van der Waals surface area contributed by atoms with Gasteiger partial charge in [-0.15, -0.1) is 35.3 Å². The topological polar surface area (TPSA) is 53.0 Å². The lowest BCUT2D eigenvalue weighted by atomic mass is 10.1. The smallest absolute Gasteiger partial charge is 0.193 e. The largest absolute Gasteiger partial charge is 0.376 e. The molecule has 1 aromatic heterocycles. The van der Waals surface area contributed by atoms with Gasteiger partial charge in [-0.2, -0.15) is 0 Å². The quantitative estimate of drug-likeness (QED) is 0.303. The Morgan fingerprint density at radius 1 is 1.23 bits per heavy atom. The van der Waals surface area contributed by atoms with Crippen LogP contribution in [0.4, 0.5) is 5.13 Å². The summed E-state index contributed by atoms with van der Waals surface area (Å²) in [6.45, 7) is 6.71. The van der Waals surface area contributed by atoms with Crippen LogP contribution in [-0.2, 0) is 17.8 Å². The van der Waals surface area contributed by atoms with Crippen molar-refractivity contribution in [3.05, 3.63) is 47.0 Å². The first kappa shape index (κ1) is 24.3. The number of halogens is 1. The number of guanidine groups is 1. The third-order valence-corrected chi connectivity index (χ3v) is 6.79. The van der Waals surface area contributed by atoms with Gasteiger partial charge in [-0.3, -0.25) is 4.99 Å². The average Bonchev–Trinajstić information content (AvgIpc) is 3.54. The molecule has 2 aliphatic heterocycles. The van der Waals surface area contributed by atoms with Crippen molar-refractivity contribution in [2.45, 2.75) is 32.3 Å². The normalized spacial score (nSPS) is 19.0. The predicted molar refractivity (Wildman–Crippen MR) is 140 cm³/mol. The van der Waals surface area contributed by atoms with E-state index in [2.05, 4.69) is 49.8 Å². The zero-order chi connectivity index (χ0) is 20.6. The first-order valence-electron chi connectivity index (χ1n) is 11.1. The summed E-state index contributed by atoms with van der Waals surface area (Å²) in [5.74, 6) is 1.56. The van der Waals surface area contributed by atoms with Crippen molar-refractivity contribution in [3.63, 3.8) is 0 Å². The van der Waals surface area contributed by atoms with Gasteiger partial charge in [0.15, 0.2) is 11.1 Å². The van der Waals surface area contributed by atoms with Crippen molar-refractivity contribution in [1.82, 2.24) is 15.2 Å². The second kappa shape index (κ2) is 12.6. The van der Waals surface area contributed by atoms with E-state index in [1.807, 2.05) is 13.1 Å². The molecule has 2 aliphatic rings. The highest BCUT2D eigenvalue weighted by Gasteiger charge is 2.25. The molecule has 4 rings (SSSR count). The van der Waals surface area contributed by atoms with Crippen LogP contribution in [0.15, 0.2) is 40.7 Å². The number of thiazole rings is 1. The Balaban J connectivity index is 0.00000272. The monoisotopic (exact) mass is 555 g/mol. The molecule has 1 unspecified atom stereocenters. The number of ether oxygens (including phenoxy) is 1. The average molecular weight is 556 g/mol. The van der Waals surface area contributed by atoms with E-state index in [0.29, 0.717) is 12.5 Å². The van der Waals surface area contributed by atoms with E-state index in [0.717, 1.165) is 58.1 Å². The standard InChI is InChI=1S/C23H33N5OS.HI/c1-24-22(25-11-9-21-18-30-23(26-21)27-12-5-6-13-27)28-14-10-20(15-28)17-29-16-19-7-3-2-4-8-19;/h2-4,7-8,18,20H,5-6,9-17H2,1H3,(H,24,25);1H. The highest BCUT2D eigenvalue weighted by atomic mass is 127. The van der Waals surface area contributed by atoms with Crippen molar-refractivity contribution in [1.29, 1.82) is 0 Å². The Bertz CT molecular complexity index is 809. The van der Waals surface area contributed by atoms with Gasteiger partial charge in [-0.25, -0.2) is 4.98 Å². The summed E-state index contributed by atoms with van der Waals surface area (Å²) in [4.78, 5) is 14.1. The third kappa shape index (κ3) is 7.05. The van der Waals surface area contributed by atoms with Crippen LogP contribution in [0.2, 0.25) is 0 Å². The molecule has 6 nitrogen and oxygen atoms in total. The number of rotatable bonds is 8. The van der Waals surface area contributed by atoms with Crippen molar-refractivity contribution in [2.24, 2.45) is 10.9 Å². The van der Waals surface area contributed by atoms with E-state index in [1.54, 1.807) is 11.3 Å². The summed E-state index contributed by atoms with van der Waals surface area (Å²) in [6.07, 6.45) is 4.67. The summed E-state index contributed by atoms with van der Waals surface area (Å²) in [7, 11) is 1.87. The second-order valence-corrected chi connectivity index (χ2v) is 8.98. The van der Waals surface area contributed by atoms with Crippen LogP contribution in [-0.4, -0.2) is 62.2 Å². The number of aliphatic imine (C=N–C) groups is 1. The SMILES string of the molecule is CN=C(NCCc1csc(N2CCCC2)n1)N1CCC(COCc2ccccc2)C1.I. The Hall–Kier alpha value is -1.39. The zero-order valence-electron chi connectivity index (χ0n) is 18.3. The summed E-state index contributed by atoms with van der Waals surface area (Å²) in [6, 6.07) is 10.4. The van der Waals surface area contributed by atoms with Gasteiger partial charge in [-0.05, 0) is 24.8 Å². The third-order valence-electron chi connectivity index (χ3n) is 5.84. The molecule has 1 atom stereocenters. The van der Waals surface area contributed by atoms with E-state index in [-0.39, 0.29) is 24.0 Å². The van der Waals surface area contributed by atoms with E-state index >= 15 is 0 Å². The van der Waals surface area contributed by atoms with Gasteiger partial charge in [-0.1, -0.05) is 30.3 Å². The van der Waals surface area contributed by atoms with Gasteiger partial charge in [0.25, 0.3) is 0 Å². The van der Waals surface area contributed by atoms with Crippen molar-refractivity contribution < 1.29 is 4.74 Å². The minimum atomic E-state index is 0. The lowest BCUT2D eigenvalue weighted by Crippen LogP contribution is -2.41. The summed E-state index contributed by atoms with van der Waals surface area (Å²) < 4.78 is 5.95. The van der Waals surface area contributed by atoms with Crippen LogP contribution in [0.3, 0.4) is 0 Å². The maximum Gasteiger partial charge on any atom is 0.193 e. The number of benzene rings is 1. The first-order valence-corrected chi connectivity index (χ1v) is 12.0. The van der Waals surface area contributed by atoms with E-state index in [1.165, 1.54) is 29.2 Å². The van der Waals surface area contributed by atoms with Crippen LogP contribution in [0.25, 0.3) is 0 Å². The summed E-state index contributed by atoms with van der Waals surface area (Å²) in [5, 5.41) is 6.91. The Morgan fingerprint density at radius 3 is 2.81 bits per heavy atom. The molecule has 2 saturated heterocycles. The number of aromatic nitrogens is 1. The molecular formula is C23H34IN5OS. The molecule has 0 amide bonds. The maximum absolute atomic E-state index is 5.95. The molecule has 8 heteroatoms. The van der Waals surface area contributed by atoms with Crippen LogP contribution < -0.4 is 10.2 Å². The van der Waals surface area contributed by atoms with Gasteiger partial charge in [0.2, 0.25) is 0 Å². The minimum Gasteiger partial charge on any atom is -0.376 e. The van der Waals surface area contributed by atoms with E-state index in [9.17, 15) is 0 Å². The van der Waals surface area contributed by atoms with Crippen molar-refractivity contribution in [2.75, 3.05) is 51.3 Å². The van der Waals surface area contributed by atoms with Gasteiger partial charge < -0.3 is 19.9 Å². The lowest BCUT2D eigenvalue weighted by molar-refractivity contribution is 0.0907.